The highest BCUT2D eigenvalue weighted by Gasteiger charge is 2.34. The van der Waals surface area contributed by atoms with Gasteiger partial charge in [-0.15, -0.1) is 0 Å². The Bertz CT molecular complexity index is 1140. The van der Waals surface area contributed by atoms with Gasteiger partial charge in [0.05, 0.1) is 26.2 Å². The second kappa shape index (κ2) is 8.02. The van der Waals surface area contributed by atoms with Crippen molar-refractivity contribution in [3.05, 3.63) is 76.9 Å². The monoisotopic (exact) mass is 420 g/mol. The van der Waals surface area contributed by atoms with Crippen molar-refractivity contribution in [1.82, 2.24) is 0 Å². The highest BCUT2D eigenvalue weighted by molar-refractivity contribution is 6.11. The lowest BCUT2D eigenvalue weighted by molar-refractivity contribution is -0.135. The predicted octanol–water partition coefficient (Wildman–Crippen LogP) is 3.79. The lowest BCUT2D eigenvalue weighted by atomic mass is 9.83. The lowest BCUT2D eigenvalue weighted by Crippen LogP contribution is -2.22. The van der Waals surface area contributed by atoms with Crippen LogP contribution in [0, 0.1) is 0 Å². The van der Waals surface area contributed by atoms with Crippen LogP contribution in [0.2, 0.25) is 0 Å². The van der Waals surface area contributed by atoms with Gasteiger partial charge < -0.3 is 24.4 Å². The Morgan fingerprint density at radius 1 is 0.968 bits per heavy atom. The highest BCUT2D eigenvalue weighted by atomic mass is 16.5. The molecular formula is C24H20O7. The van der Waals surface area contributed by atoms with Crippen molar-refractivity contribution in [2.75, 3.05) is 14.2 Å². The van der Waals surface area contributed by atoms with E-state index < -0.39 is 11.9 Å². The van der Waals surface area contributed by atoms with Crippen molar-refractivity contribution in [3.8, 4) is 28.7 Å². The summed E-state index contributed by atoms with van der Waals surface area (Å²) in [6.07, 6.45) is -0.0688. The van der Waals surface area contributed by atoms with E-state index in [0.717, 1.165) is 0 Å². The van der Waals surface area contributed by atoms with Crippen LogP contribution >= 0.6 is 0 Å². The summed E-state index contributed by atoms with van der Waals surface area (Å²) in [6.45, 7) is 0. The molecule has 4 rings (SSSR count). The first-order valence-corrected chi connectivity index (χ1v) is 9.55. The number of hydrogen-bond donors (Lipinski definition) is 2. The third-order valence-corrected chi connectivity index (χ3v) is 5.31. The molecule has 1 aliphatic heterocycles. The van der Waals surface area contributed by atoms with Gasteiger partial charge in [0.25, 0.3) is 0 Å². The first kappa shape index (κ1) is 20.3. The van der Waals surface area contributed by atoms with E-state index in [4.69, 9.17) is 14.2 Å². The van der Waals surface area contributed by atoms with Gasteiger partial charge in [0.1, 0.15) is 11.5 Å². The van der Waals surface area contributed by atoms with Gasteiger partial charge in [-0.05, 0) is 29.8 Å². The smallest absolute Gasteiger partial charge is 0.312 e. The molecule has 158 valence electrons. The van der Waals surface area contributed by atoms with Crippen LogP contribution in [0.15, 0.2) is 54.6 Å². The minimum Gasteiger partial charge on any atom is -0.507 e. The summed E-state index contributed by atoms with van der Waals surface area (Å²) in [6, 6.07) is 14.7. The van der Waals surface area contributed by atoms with Gasteiger partial charge >= 0.3 is 5.97 Å². The molecule has 3 aromatic rings. The van der Waals surface area contributed by atoms with E-state index in [1.165, 1.54) is 26.4 Å². The van der Waals surface area contributed by atoms with E-state index in [0.29, 0.717) is 16.7 Å². The molecule has 0 saturated heterocycles. The van der Waals surface area contributed by atoms with E-state index in [9.17, 15) is 19.8 Å². The summed E-state index contributed by atoms with van der Waals surface area (Å²) >= 11 is 0. The quantitative estimate of drug-likeness (QED) is 0.368. The molecule has 0 fully saturated rings. The van der Waals surface area contributed by atoms with E-state index in [2.05, 4.69) is 0 Å². The number of aromatic hydroxyl groups is 2. The fourth-order valence-corrected chi connectivity index (χ4v) is 3.78. The maximum Gasteiger partial charge on any atom is 0.312 e. The number of carbonyl (C=O) groups excluding carboxylic acids is 2. The van der Waals surface area contributed by atoms with Crippen molar-refractivity contribution in [3.63, 3.8) is 0 Å². The number of rotatable bonds is 5. The topological polar surface area (TPSA) is 102 Å². The molecule has 31 heavy (non-hydrogen) atoms. The number of methoxy groups -OCH3 is 2. The summed E-state index contributed by atoms with van der Waals surface area (Å²) in [4.78, 5) is 25.2. The van der Waals surface area contributed by atoms with Crippen LogP contribution in [0.4, 0.5) is 0 Å². The van der Waals surface area contributed by atoms with Crippen LogP contribution in [-0.4, -0.2) is 36.2 Å². The SMILES string of the molecule is COc1cc([C@H]2CC(=O)Oc3ccc(C(=O)c4ccccc4)c(O)c32)cc(OC)c1O. The number of esters is 1. The van der Waals surface area contributed by atoms with E-state index in [-0.39, 0.29) is 46.5 Å². The van der Waals surface area contributed by atoms with Gasteiger partial charge in [-0.25, -0.2) is 0 Å². The molecule has 0 spiro atoms. The van der Waals surface area contributed by atoms with Crippen molar-refractivity contribution in [2.45, 2.75) is 12.3 Å². The maximum atomic E-state index is 13.0. The molecule has 0 saturated carbocycles. The number of carbonyl (C=O) groups is 2. The second-order valence-corrected chi connectivity index (χ2v) is 7.07. The zero-order valence-electron chi connectivity index (χ0n) is 16.9. The van der Waals surface area contributed by atoms with Gasteiger partial charge in [-0.3, -0.25) is 9.59 Å². The minimum absolute atomic E-state index is 0.0688. The van der Waals surface area contributed by atoms with E-state index >= 15 is 0 Å². The Labute approximate surface area is 178 Å². The Balaban J connectivity index is 1.88. The summed E-state index contributed by atoms with van der Waals surface area (Å²) in [5.41, 5.74) is 1.40. The van der Waals surface area contributed by atoms with Gasteiger partial charge in [0.15, 0.2) is 17.3 Å². The van der Waals surface area contributed by atoms with E-state index in [1.54, 1.807) is 42.5 Å². The molecule has 0 radical (unpaired) electrons. The number of hydrogen-bond acceptors (Lipinski definition) is 7. The molecule has 0 bridgehead atoms. The molecule has 2 N–H and O–H groups in total. The number of ether oxygens (including phenoxy) is 3. The van der Waals surface area contributed by atoms with Crippen molar-refractivity contribution >= 4 is 11.8 Å². The molecule has 0 amide bonds. The summed E-state index contributed by atoms with van der Waals surface area (Å²) in [5, 5.41) is 21.3. The van der Waals surface area contributed by atoms with Crippen molar-refractivity contribution in [2.24, 2.45) is 0 Å². The Morgan fingerprint density at radius 2 is 1.61 bits per heavy atom. The largest absolute Gasteiger partial charge is 0.507 e. The molecule has 0 unspecified atom stereocenters. The van der Waals surface area contributed by atoms with Crippen molar-refractivity contribution < 1.29 is 34.0 Å². The third-order valence-electron chi connectivity index (χ3n) is 5.31. The molecule has 1 aliphatic rings. The molecule has 1 heterocycles. The normalized spacial score (nSPS) is 15.0. The molecule has 7 nitrogen and oxygen atoms in total. The number of ketones is 1. The third kappa shape index (κ3) is 3.54. The first-order valence-electron chi connectivity index (χ1n) is 9.55. The molecular weight excluding hydrogens is 400 g/mol. The molecule has 0 aromatic heterocycles. The summed E-state index contributed by atoms with van der Waals surface area (Å²) in [5.74, 6) is -1.41. The summed E-state index contributed by atoms with van der Waals surface area (Å²) < 4.78 is 15.8. The maximum absolute atomic E-state index is 13.0. The average Bonchev–Trinajstić information content (AvgIpc) is 2.79. The van der Waals surface area contributed by atoms with Crippen LogP contribution < -0.4 is 14.2 Å². The second-order valence-electron chi connectivity index (χ2n) is 7.07. The summed E-state index contributed by atoms with van der Waals surface area (Å²) in [7, 11) is 2.80. The molecule has 7 heteroatoms. The van der Waals surface area contributed by atoms with E-state index in [1.807, 2.05) is 0 Å². The Morgan fingerprint density at radius 3 is 2.23 bits per heavy atom. The van der Waals surface area contributed by atoms with Crippen LogP contribution in [0.5, 0.6) is 28.7 Å². The predicted molar refractivity (Wildman–Crippen MR) is 111 cm³/mol. The van der Waals surface area contributed by atoms with Gasteiger partial charge in [-0.2, -0.15) is 0 Å². The Kier molecular flexibility index (Phi) is 5.25. The number of phenolic OH excluding ortho intramolecular Hbond substituents is 2. The van der Waals surface area contributed by atoms with Crippen LogP contribution in [0.1, 0.15) is 39.4 Å². The lowest BCUT2D eigenvalue weighted by Gasteiger charge is -2.27. The first-order chi connectivity index (χ1) is 14.9. The highest BCUT2D eigenvalue weighted by Crippen LogP contribution is 2.48. The van der Waals surface area contributed by atoms with Crippen LogP contribution in [0.25, 0.3) is 0 Å². The fraction of sp³-hybridized carbons (Fsp3) is 0.167. The number of phenols is 2. The molecule has 1 atom stereocenters. The standard InChI is InChI=1S/C24H20O7/c1-29-18-10-14(11-19(30-2)24(18)28)16-12-20(25)31-17-9-8-15(23(27)21(16)17)22(26)13-6-4-3-5-7-13/h3-11,16,27-28H,12H2,1-2H3/t16-/m1/s1. The van der Waals surface area contributed by atoms with Gasteiger partial charge in [0, 0.05) is 17.0 Å². The van der Waals surface area contributed by atoms with Gasteiger partial charge in [-0.1, -0.05) is 30.3 Å². The number of fused-ring (bicyclic) bond motifs is 1. The van der Waals surface area contributed by atoms with Crippen LogP contribution in [0.3, 0.4) is 0 Å². The van der Waals surface area contributed by atoms with Gasteiger partial charge in [0.2, 0.25) is 5.75 Å². The fourth-order valence-electron chi connectivity index (χ4n) is 3.78. The average molecular weight is 420 g/mol. The van der Waals surface area contributed by atoms with Crippen molar-refractivity contribution in [1.29, 1.82) is 0 Å². The molecule has 0 aliphatic carbocycles. The minimum atomic E-state index is -0.636. The molecule has 3 aromatic carbocycles. The zero-order chi connectivity index (χ0) is 22.1. The number of benzene rings is 3. The van der Waals surface area contributed by atoms with Crippen LogP contribution in [-0.2, 0) is 4.79 Å². The Hall–Kier alpha value is -4.00. The zero-order valence-corrected chi connectivity index (χ0v) is 16.9.